The standard InChI is InChI=1S/C38H26N2/c1-23-17-19-33-27-11-7-15-31-35(27)38(39(33)21-23)36-28(34-20-18-24(2)22-40(34)38)12-8-16-32(36)37(31)29-13-5-3-9-25(29)26-10-4-6-14-30(26)37/h3-22H,1-2H3/q+2. The summed E-state index contributed by atoms with van der Waals surface area (Å²) in [6.45, 7) is 4.43. The number of rotatable bonds is 0. The van der Waals surface area contributed by atoms with E-state index in [1.54, 1.807) is 0 Å². The summed E-state index contributed by atoms with van der Waals surface area (Å²) in [6, 6.07) is 41.5. The second kappa shape index (κ2) is 6.66. The highest BCUT2D eigenvalue weighted by atomic mass is 15.3. The number of hydrogen-bond acceptors (Lipinski definition) is 0. The molecule has 10 rings (SSSR count). The van der Waals surface area contributed by atoms with Gasteiger partial charge in [-0.25, -0.2) is 0 Å². The molecular formula is C38H26N2+2. The molecular weight excluding hydrogens is 484 g/mol. The zero-order valence-corrected chi connectivity index (χ0v) is 22.4. The number of hydrogen-bond donors (Lipinski definition) is 0. The maximum atomic E-state index is 2.58. The van der Waals surface area contributed by atoms with Gasteiger partial charge in [0.1, 0.15) is 11.1 Å². The highest BCUT2D eigenvalue weighted by molar-refractivity contribution is 5.91. The number of aromatic nitrogens is 2. The van der Waals surface area contributed by atoms with E-state index in [1.165, 1.54) is 78.1 Å². The molecule has 0 saturated carbocycles. The summed E-state index contributed by atoms with van der Waals surface area (Å²) in [4.78, 5) is 0. The van der Waals surface area contributed by atoms with Crippen LogP contribution in [0.1, 0.15) is 44.5 Å². The molecule has 0 amide bonds. The zero-order chi connectivity index (χ0) is 26.4. The van der Waals surface area contributed by atoms with Crippen molar-refractivity contribution in [3.05, 3.63) is 166 Å². The Labute approximate surface area is 233 Å². The van der Waals surface area contributed by atoms with Crippen molar-refractivity contribution >= 4 is 0 Å². The Morgan fingerprint density at radius 3 is 1.35 bits per heavy atom. The van der Waals surface area contributed by atoms with Crippen molar-refractivity contribution < 1.29 is 9.13 Å². The smallest absolute Gasteiger partial charge is 0.125 e. The van der Waals surface area contributed by atoms with Gasteiger partial charge in [0.05, 0.1) is 16.5 Å². The van der Waals surface area contributed by atoms with Crippen molar-refractivity contribution in [3.8, 4) is 33.6 Å². The maximum absolute atomic E-state index is 2.58. The highest BCUT2D eigenvalue weighted by Crippen LogP contribution is 2.65. The van der Waals surface area contributed by atoms with Gasteiger partial charge in [0.15, 0.2) is 12.4 Å². The average Bonchev–Trinajstić information content (AvgIpc) is 3.56. The molecule has 2 nitrogen and oxygen atoms in total. The molecule has 2 aliphatic carbocycles. The van der Waals surface area contributed by atoms with Crippen LogP contribution in [-0.2, 0) is 11.1 Å². The third-order valence-electron chi connectivity index (χ3n) is 10.0. The second-order valence-electron chi connectivity index (χ2n) is 11.9. The quantitative estimate of drug-likeness (QED) is 0.198. The number of fused-ring (bicyclic) bond motifs is 11. The Morgan fingerprint density at radius 2 is 0.850 bits per heavy atom. The normalized spacial score (nSPS) is 16.1. The molecule has 186 valence electrons. The Kier molecular flexibility index (Phi) is 3.50. The molecule has 0 atom stereocenters. The number of aryl methyl sites for hydroxylation is 2. The molecule has 4 aromatic carbocycles. The van der Waals surface area contributed by atoms with Crippen LogP contribution >= 0.6 is 0 Å². The van der Waals surface area contributed by atoms with E-state index in [4.69, 9.17) is 0 Å². The molecule has 0 unspecified atom stereocenters. The summed E-state index contributed by atoms with van der Waals surface area (Å²) in [5, 5.41) is 0. The molecule has 4 aliphatic rings. The first-order valence-corrected chi connectivity index (χ1v) is 14.2. The van der Waals surface area contributed by atoms with Gasteiger partial charge in [-0.05, 0) is 71.5 Å². The molecule has 0 N–H and O–H groups in total. The molecule has 40 heavy (non-hydrogen) atoms. The van der Waals surface area contributed by atoms with Gasteiger partial charge in [0.25, 0.3) is 0 Å². The van der Waals surface area contributed by atoms with Gasteiger partial charge < -0.3 is 0 Å². The third-order valence-corrected chi connectivity index (χ3v) is 10.0. The molecule has 6 aromatic rings. The zero-order valence-electron chi connectivity index (χ0n) is 22.4. The number of benzene rings is 4. The summed E-state index contributed by atoms with van der Waals surface area (Å²) < 4.78 is 5.16. The van der Waals surface area contributed by atoms with Gasteiger partial charge in [0, 0.05) is 23.3 Å². The highest BCUT2D eigenvalue weighted by Gasteiger charge is 2.73. The molecule has 2 aromatic heterocycles. The topological polar surface area (TPSA) is 7.76 Å². The van der Waals surface area contributed by atoms with Crippen LogP contribution in [-0.4, -0.2) is 0 Å². The minimum Gasteiger partial charge on any atom is -0.125 e. The van der Waals surface area contributed by atoms with E-state index in [9.17, 15) is 0 Å². The molecule has 0 saturated heterocycles. The lowest BCUT2D eigenvalue weighted by Crippen LogP contribution is -2.73. The van der Waals surface area contributed by atoms with Gasteiger partial charge >= 0.3 is 5.66 Å². The molecule has 0 radical (unpaired) electrons. The lowest BCUT2D eigenvalue weighted by Gasteiger charge is -2.41. The fourth-order valence-electron chi connectivity index (χ4n) is 8.78. The first-order valence-electron chi connectivity index (χ1n) is 14.2. The second-order valence-corrected chi connectivity index (χ2v) is 11.9. The van der Waals surface area contributed by atoms with Gasteiger partial charge in [0.2, 0.25) is 11.4 Å². The van der Waals surface area contributed by atoms with Crippen molar-refractivity contribution in [2.75, 3.05) is 0 Å². The van der Waals surface area contributed by atoms with Crippen LogP contribution in [0, 0.1) is 13.8 Å². The summed E-state index contributed by atoms with van der Waals surface area (Å²) in [6.07, 6.45) is 4.75. The largest absolute Gasteiger partial charge is 0.418 e. The Morgan fingerprint density at radius 1 is 0.425 bits per heavy atom. The number of pyridine rings is 2. The molecule has 2 aliphatic heterocycles. The van der Waals surface area contributed by atoms with Crippen LogP contribution < -0.4 is 9.13 Å². The predicted octanol–water partition coefficient (Wildman–Crippen LogP) is 6.81. The van der Waals surface area contributed by atoms with Gasteiger partial charge in [-0.1, -0.05) is 72.8 Å². The molecule has 0 fully saturated rings. The lowest BCUT2D eigenvalue weighted by atomic mass is 9.58. The van der Waals surface area contributed by atoms with Crippen LogP contribution in [0.4, 0.5) is 0 Å². The van der Waals surface area contributed by atoms with E-state index in [2.05, 4.69) is 145 Å². The van der Waals surface area contributed by atoms with E-state index >= 15 is 0 Å². The van der Waals surface area contributed by atoms with Crippen molar-refractivity contribution in [1.29, 1.82) is 0 Å². The van der Waals surface area contributed by atoms with E-state index < -0.39 is 5.66 Å². The Bertz CT molecular complexity index is 2000. The van der Waals surface area contributed by atoms with Crippen LogP contribution in [0.3, 0.4) is 0 Å². The molecule has 4 heterocycles. The van der Waals surface area contributed by atoms with Crippen LogP contribution in [0.15, 0.2) is 122 Å². The first-order chi connectivity index (χ1) is 19.7. The van der Waals surface area contributed by atoms with E-state index in [0.29, 0.717) is 0 Å². The molecule has 2 spiro atoms. The van der Waals surface area contributed by atoms with Gasteiger partial charge in [-0.3, -0.25) is 0 Å². The first kappa shape index (κ1) is 21.1. The SMILES string of the molecule is Cc1ccc2[n+](c1)C13c4c-2cccc4C2(c4ccccc4-c4ccccc42)c2cccc(c21)-c1ccc(C)c[n+]13. The Hall–Kier alpha value is -4.82. The fourth-order valence-corrected chi connectivity index (χ4v) is 8.78. The average molecular weight is 511 g/mol. The summed E-state index contributed by atoms with van der Waals surface area (Å²) in [5.41, 5.74) is 18.0. The van der Waals surface area contributed by atoms with Gasteiger partial charge in [-0.2, -0.15) is 0 Å². The predicted molar refractivity (Wildman–Crippen MR) is 156 cm³/mol. The number of nitrogens with zero attached hydrogens (tertiary/aromatic N) is 2. The van der Waals surface area contributed by atoms with E-state index in [-0.39, 0.29) is 5.41 Å². The minimum atomic E-state index is -0.474. The van der Waals surface area contributed by atoms with Crippen LogP contribution in [0.5, 0.6) is 0 Å². The van der Waals surface area contributed by atoms with Gasteiger partial charge in [-0.15, -0.1) is 9.13 Å². The van der Waals surface area contributed by atoms with Crippen molar-refractivity contribution in [2.24, 2.45) is 0 Å². The van der Waals surface area contributed by atoms with E-state index in [0.717, 1.165) is 0 Å². The minimum absolute atomic E-state index is 0.386. The fraction of sp³-hybridized carbons (Fsp3) is 0.105. The van der Waals surface area contributed by atoms with Crippen LogP contribution in [0.2, 0.25) is 0 Å². The van der Waals surface area contributed by atoms with Crippen molar-refractivity contribution in [1.82, 2.24) is 0 Å². The van der Waals surface area contributed by atoms with Crippen LogP contribution in [0.25, 0.3) is 33.6 Å². The van der Waals surface area contributed by atoms with E-state index in [1.807, 2.05) is 0 Å². The summed E-state index contributed by atoms with van der Waals surface area (Å²) in [7, 11) is 0. The summed E-state index contributed by atoms with van der Waals surface area (Å²) >= 11 is 0. The van der Waals surface area contributed by atoms with Crippen molar-refractivity contribution in [3.63, 3.8) is 0 Å². The molecule has 0 bridgehead atoms. The summed E-state index contributed by atoms with van der Waals surface area (Å²) in [5.74, 6) is 0. The lowest BCUT2D eigenvalue weighted by molar-refractivity contribution is -0.955. The molecule has 2 heteroatoms. The monoisotopic (exact) mass is 510 g/mol. The van der Waals surface area contributed by atoms with Crippen molar-refractivity contribution in [2.45, 2.75) is 24.9 Å². The maximum Gasteiger partial charge on any atom is 0.418 e. The third kappa shape index (κ3) is 2.00. The Balaban J connectivity index is 1.51.